The molecule has 2 aromatic heterocycles. The van der Waals surface area contributed by atoms with Crippen LogP contribution in [-0.2, 0) is 16.1 Å². The number of methoxy groups -OCH3 is 1. The molecule has 0 radical (unpaired) electrons. The van der Waals surface area contributed by atoms with Crippen LogP contribution in [0.25, 0.3) is 22.6 Å². The van der Waals surface area contributed by atoms with Gasteiger partial charge in [0.25, 0.3) is 0 Å². The van der Waals surface area contributed by atoms with Crippen molar-refractivity contribution in [2.45, 2.75) is 13.5 Å². The molecule has 3 rings (SSSR count). The van der Waals surface area contributed by atoms with Crippen molar-refractivity contribution in [3.8, 4) is 22.6 Å². The number of esters is 1. The summed E-state index contributed by atoms with van der Waals surface area (Å²) in [6, 6.07) is 13.1. The molecule has 0 aliphatic heterocycles. The van der Waals surface area contributed by atoms with Crippen LogP contribution in [0.4, 0.5) is 4.39 Å². The van der Waals surface area contributed by atoms with Gasteiger partial charge in [-0.25, -0.2) is 4.39 Å². The molecule has 1 aromatic carbocycles. The number of halogens is 1. The van der Waals surface area contributed by atoms with Crippen molar-refractivity contribution in [3.05, 3.63) is 60.0 Å². The Kier molecular flexibility index (Phi) is 4.37. The maximum atomic E-state index is 13.4. The van der Waals surface area contributed by atoms with Crippen molar-refractivity contribution in [2.75, 3.05) is 7.11 Å². The standard InChI is InChI=1S/C18H16FN3O2/c1-12-8-15(20-10-14(12)19)16-9-17(13-6-4-3-5-7-13)22(21-16)11-18(23)24-2/h3-10H,11H2,1-2H3. The van der Waals surface area contributed by atoms with Gasteiger partial charge in [0.15, 0.2) is 0 Å². The number of pyridine rings is 1. The van der Waals surface area contributed by atoms with E-state index in [2.05, 4.69) is 10.1 Å². The smallest absolute Gasteiger partial charge is 0.327 e. The minimum Gasteiger partial charge on any atom is -0.468 e. The predicted molar refractivity (Wildman–Crippen MR) is 87.6 cm³/mol. The number of hydrogen-bond donors (Lipinski definition) is 0. The lowest BCUT2D eigenvalue weighted by Gasteiger charge is -2.05. The van der Waals surface area contributed by atoms with E-state index < -0.39 is 5.97 Å². The molecule has 0 fully saturated rings. The molecule has 0 saturated heterocycles. The van der Waals surface area contributed by atoms with Crippen LogP contribution in [0.3, 0.4) is 0 Å². The maximum Gasteiger partial charge on any atom is 0.327 e. The Bertz CT molecular complexity index is 875. The third-order valence-corrected chi connectivity index (χ3v) is 3.67. The highest BCUT2D eigenvalue weighted by Gasteiger charge is 2.15. The Morgan fingerprint density at radius 1 is 1.21 bits per heavy atom. The van der Waals surface area contributed by atoms with Crippen LogP contribution in [0, 0.1) is 12.7 Å². The summed E-state index contributed by atoms with van der Waals surface area (Å²) in [5.41, 5.74) is 3.29. The highest BCUT2D eigenvalue weighted by atomic mass is 19.1. The Morgan fingerprint density at radius 3 is 2.62 bits per heavy atom. The number of hydrogen-bond acceptors (Lipinski definition) is 4. The summed E-state index contributed by atoms with van der Waals surface area (Å²) >= 11 is 0. The summed E-state index contributed by atoms with van der Waals surface area (Å²) < 4.78 is 19.7. The summed E-state index contributed by atoms with van der Waals surface area (Å²) in [5.74, 6) is -0.763. The number of aryl methyl sites for hydroxylation is 1. The molecule has 2 heterocycles. The topological polar surface area (TPSA) is 57.0 Å². The SMILES string of the molecule is COC(=O)Cn1nc(-c2cc(C)c(F)cn2)cc1-c1ccccc1. The lowest BCUT2D eigenvalue weighted by molar-refractivity contribution is -0.141. The van der Waals surface area contributed by atoms with Crippen molar-refractivity contribution in [1.82, 2.24) is 14.8 Å². The highest BCUT2D eigenvalue weighted by molar-refractivity contribution is 5.72. The second kappa shape index (κ2) is 6.62. The highest BCUT2D eigenvalue weighted by Crippen LogP contribution is 2.26. The average Bonchev–Trinajstić information content (AvgIpc) is 3.01. The molecule has 0 amide bonds. The third kappa shape index (κ3) is 3.17. The zero-order valence-corrected chi connectivity index (χ0v) is 13.4. The molecule has 0 spiro atoms. The minimum atomic E-state index is -0.398. The lowest BCUT2D eigenvalue weighted by Crippen LogP contribution is -2.13. The van der Waals surface area contributed by atoms with Gasteiger partial charge in [0.2, 0.25) is 0 Å². The number of aromatic nitrogens is 3. The minimum absolute atomic E-state index is 0.0130. The molecule has 6 heteroatoms. The number of carbonyl (C=O) groups is 1. The molecular weight excluding hydrogens is 309 g/mol. The molecule has 0 saturated carbocycles. The summed E-state index contributed by atoms with van der Waals surface area (Å²) in [6.45, 7) is 1.66. The van der Waals surface area contributed by atoms with E-state index >= 15 is 0 Å². The first-order chi connectivity index (χ1) is 11.6. The molecule has 0 unspecified atom stereocenters. The molecule has 0 atom stereocenters. The monoisotopic (exact) mass is 325 g/mol. The van der Waals surface area contributed by atoms with Crippen molar-refractivity contribution in [3.63, 3.8) is 0 Å². The fraction of sp³-hybridized carbons (Fsp3) is 0.167. The Morgan fingerprint density at radius 2 is 1.96 bits per heavy atom. The van der Waals surface area contributed by atoms with Gasteiger partial charge in [-0.15, -0.1) is 0 Å². The van der Waals surface area contributed by atoms with Crippen molar-refractivity contribution in [2.24, 2.45) is 0 Å². The third-order valence-electron chi connectivity index (χ3n) is 3.67. The largest absolute Gasteiger partial charge is 0.468 e. The van der Waals surface area contributed by atoms with Gasteiger partial charge < -0.3 is 4.74 Å². The van der Waals surface area contributed by atoms with Gasteiger partial charge >= 0.3 is 5.97 Å². The van der Waals surface area contributed by atoms with E-state index in [-0.39, 0.29) is 12.4 Å². The van der Waals surface area contributed by atoms with Crippen LogP contribution < -0.4 is 0 Å². The summed E-state index contributed by atoms with van der Waals surface area (Å²) in [4.78, 5) is 15.8. The van der Waals surface area contributed by atoms with Crippen LogP contribution in [0.2, 0.25) is 0 Å². The second-order valence-electron chi connectivity index (χ2n) is 5.33. The molecule has 122 valence electrons. The van der Waals surface area contributed by atoms with E-state index in [0.717, 1.165) is 11.3 Å². The van der Waals surface area contributed by atoms with E-state index in [0.29, 0.717) is 17.0 Å². The van der Waals surface area contributed by atoms with Gasteiger partial charge in [-0.1, -0.05) is 30.3 Å². The van der Waals surface area contributed by atoms with Crippen molar-refractivity contribution >= 4 is 5.97 Å². The van der Waals surface area contributed by atoms with Crippen LogP contribution in [-0.4, -0.2) is 27.8 Å². The van der Waals surface area contributed by atoms with Crippen LogP contribution in [0.5, 0.6) is 0 Å². The first kappa shape index (κ1) is 15.9. The van der Waals surface area contributed by atoms with E-state index in [4.69, 9.17) is 4.74 Å². The molecule has 5 nitrogen and oxygen atoms in total. The zero-order valence-electron chi connectivity index (χ0n) is 13.4. The molecule has 24 heavy (non-hydrogen) atoms. The summed E-state index contributed by atoms with van der Waals surface area (Å²) in [5, 5.41) is 4.45. The maximum absolute atomic E-state index is 13.4. The van der Waals surface area contributed by atoms with Crippen molar-refractivity contribution in [1.29, 1.82) is 0 Å². The van der Waals surface area contributed by atoms with E-state index in [1.54, 1.807) is 17.7 Å². The molecule has 0 aliphatic rings. The number of ether oxygens (including phenoxy) is 1. The predicted octanol–water partition coefficient (Wildman–Crippen LogP) is 3.23. The van der Waals surface area contributed by atoms with Gasteiger partial charge in [-0.3, -0.25) is 14.5 Å². The molecular formula is C18H16FN3O2. The van der Waals surface area contributed by atoms with Gasteiger partial charge in [0.1, 0.15) is 18.1 Å². The number of nitrogens with zero attached hydrogens (tertiary/aromatic N) is 3. The lowest BCUT2D eigenvalue weighted by atomic mass is 10.1. The number of rotatable bonds is 4. The Hall–Kier alpha value is -3.02. The Balaban J connectivity index is 2.08. The van der Waals surface area contributed by atoms with Gasteiger partial charge in [-0.05, 0) is 30.2 Å². The quantitative estimate of drug-likeness (QED) is 0.691. The first-order valence-corrected chi connectivity index (χ1v) is 7.41. The fourth-order valence-electron chi connectivity index (χ4n) is 2.37. The first-order valence-electron chi connectivity index (χ1n) is 7.41. The molecule has 3 aromatic rings. The molecule has 0 N–H and O–H groups in total. The summed E-state index contributed by atoms with van der Waals surface area (Å²) in [6.07, 6.45) is 1.17. The van der Waals surface area contributed by atoms with E-state index in [1.807, 2.05) is 36.4 Å². The molecule has 0 aliphatic carbocycles. The summed E-state index contributed by atoms with van der Waals surface area (Å²) in [7, 11) is 1.33. The zero-order chi connectivity index (χ0) is 17.1. The van der Waals surface area contributed by atoms with Gasteiger partial charge in [0, 0.05) is 0 Å². The van der Waals surface area contributed by atoms with Crippen molar-refractivity contribution < 1.29 is 13.9 Å². The Labute approximate surface area is 138 Å². The number of benzene rings is 1. The second-order valence-corrected chi connectivity index (χ2v) is 5.33. The van der Waals surface area contributed by atoms with E-state index in [1.165, 1.54) is 13.3 Å². The van der Waals surface area contributed by atoms with Crippen LogP contribution >= 0.6 is 0 Å². The fourth-order valence-corrected chi connectivity index (χ4v) is 2.37. The average molecular weight is 325 g/mol. The normalized spacial score (nSPS) is 10.6. The van der Waals surface area contributed by atoms with Crippen LogP contribution in [0.1, 0.15) is 5.56 Å². The number of carbonyl (C=O) groups excluding carboxylic acids is 1. The van der Waals surface area contributed by atoms with Gasteiger partial charge in [-0.2, -0.15) is 5.10 Å². The van der Waals surface area contributed by atoms with Crippen LogP contribution in [0.15, 0.2) is 48.7 Å². The van der Waals surface area contributed by atoms with Gasteiger partial charge in [0.05, 0.1) is 24.7 Å². The van der Waals surface area contributed by atoms with E-state index in [9.17, 15) is 9.18 Å². The molecule has 0 bridgehead atoms.